The minimum Gasteiger partial charge on any atom is -0.465 e. The Bertz CT molecular complexity index is 729. The Morgan fingerprint density at radius 3 is 2.41 bits per heavy atom. The van der Waals surface area contributed by atoms with Crippen LogP contribution in [-0.2, 0) is 11.3 Å². The van der Waals surface area contributed by atoms with E-state index in [1.54, 1.807) is 36.2 Å². The zero-order valence-electron chi connectivity index (χ0n) is 12.2. The molecule has 1 amide bonds. The molecule has 5 nitrogen and oxygen atoms in total. The largest absolute Gasteiger partial charge is 0.465 e. The Labute approximate surface area is 132 Å². The second-order valence-corrected chi connectivity index (χ2v) is 5.71. The maximum absolute atomic E-state index is 12.3. The van der Waals surface area contributed by atoms with Crippen molar-refractivity contribution in [1.82, 2.24) is 4.90 Å². The van der Waals surface area contributed by atoms with Crippen molar-refractivity contribution in [2.45, 2.75) is 6.54 Å². The predicted octanol–water partition coefficient (Wildman–Crippen LogP) is 2.68. The third-order valence-electron chi connectivity index (χ3n) is 3.05. The highest BCUT2D eigenvalue weighted by atomic mass is 32.1. The summed E-state index contributed by atoms with van der Waals surface area (Å²) < 4.78 is 4.63. The van der Waals surface area contributed by atoms with Gasteiger partial charge in [0.25, 0.3) is 5.91 Å². The number of carbonyl (C=O) groups is 2. The number of hydrogen-bond donors (Lipinski definition) is 0. The summed E-state index contributed by atoms with van der Waals surface area (Å²) in [5.74, 6) is -0.608. The van der Waals surface area contributed by atoms with E-state index >= 15 is 0 Å². The molecule has 0 fully saturated rings. The molecule has 2 aromatic rings. The lowest BCUT2D eigenvalue weighted by molar-refractivity contribution is 0.0606. The number of benzene rings is 1. The number of nitriles is 1. The number of nitrogens with zero attached hydrogens (tertiary/aromatic N) is 2. The van der Waals surface area contributed by atoms with Gasteiger partial charge in [-0.05, 0) is 29.8 Å². The average molecular weight is 314 g/mol. The van der Waals surface area contributed by atoms with Crippen molar-refractivity contribution in [3.05, 3.63) is 57.3 Å². The Morgan fingerprint density at radius 2 is 1.82 bits per heavy atom. The summed E-state index contributed by atoms with van der Waals surface area (Å²) in [6.07, 6.45) is 0. The van der Waals surface area contributed by atoms with Gasteiger partial charge in [-0.1, -0.05) is 12.1 Å². The number of rotatable bonds is 4. The van der Waals surface area contributed by atoms with Gasteiger partial charge in [-0.2, -0.15) is 5.26 Å². The van der Waals surface area contributed by atoms with Crippen LogP contribution in [0, 0.1) is 11.3 Å². The fourth-order valence-electron chi connectivity index (χ4n) is 1.88. The lowest BCUT2D eigenvalue weighted by Crippen LogP contribution is -2.25. The van der Waals surface area contributed by atoms with Crippen molar-refractivity contribution in [3.8, 4) is 6.07 Å². The molecule has 1 aromatic carbocycles. The van der Waals surface area contributed by atoms with Gasteiger partial charge in [0.1, 0.15) is 4.88 Å². The van der Waals surface area contributed by atoms with Crippen LogP contribution in [-0.4, -0.2) is 30.9 Å². The molecular weight excluding hydrogens is 300 g/mol. The van der Waals surface area contributed by atoms with E-state index in [0.717, 1.165) is 16.9 Å². The van der Waals surface area contributed by atoms with Gasteiger partial charge in [0, 0.05) is 13.6 Å². The number of esters is 1. The number of thiophene rings is 1. The number of ether oxygens (including phenoxy) is 1. The van der Waals surface area contributed by atoms with E-state index in [4.69, 9.17) is 5.26 Å². The Hall–Kier alpha value is -2.65. The van der Waals surface area contributed by atoms with Gasteiger partial charge in [0.2, 0.25) is 0 Å². The first-order valence-corrected chi connectivity index (χ1v) is 7.29. The first-order valence-electron chi connectivity index (χ1n) is 6.48. The molecule has 0 bridgehead atoms. The molecule has 0 radical (unpaired) electrons. The molecule has 6 heteroatoms. The Kier molecular flexibility index (Phi) is 4.92. The van der Waals surface area contributed by atoms with Crippen molar-refractivity contribution >= 4 is 23.2 Å². The van der Waals surface area contributed by atoms with Gasteiger partial charge < -0.3 is 9.64 Å². The van der Waals surface area contributed by atoms with Crippen molar-refractivity contribution in [3.63, 3.8) is 0 Å². The van der Waals surface area contributed by atoms with Crippen molar-refractivity contribution < 1.29 is 14.3 Å². The molecule has 2 rings (SSSR count). The highest BCUT2D eigenvalue weighted by molar-refractivity contribution is 7.15. The molecule has 0 aliphatic carbocycles. The number of methoxy groups -OCH3 is 1. The second kappa shape index (κ2) is 6.87. The molecule has 0 aliphatic heterocycles. The maximum Gasteiger partial charge on any atom is 0.348 e. The fourth-order valence-corrected chi connectivity index (χ4v) is 2.80. The monoisotopic (exact) mass is 314 g/mol. The van der Waals surface area contributed by atoms with Gasteiger partial charge in [-0.15, -0.1) is 11.3 Å². The van der Waals surface area contributed by atoms with Crippen LogP contribution in [0.3, 0.4) is 0 Å². The van der Waals surface area contributed by atoms with E-state index in [-0.39, 0.29) is 5.91 Å². The van der Waals surface area contributed by atoms with Crippen LogP contribution >= 0.6 is 11.3 Å². The minimum atomic E-state index is -0.446. The van der Waals surface area contributed by atoms with Crippen molar-refractivity contribution in [1.29, 1.82) is 5.26 Å². The predicted molar refractivity (Wildman–Crippen MR) is 82.6 cm³/mol. The zero-order chi connectivity index (χ0) is 16.1. The topological polar surface area (TPSA) is 70.4 Å². The molecule has 0 saturated carbocycles. The maximum atomic E-state index is 12.3. The van der Waals surface area contributed by atoms with Crippen molar-refractivity contribution in [2.24, 2.45) is 0 Å². The first kappa shape index (κ1) is 15.7. The summed E-state index contributed by atoms with van der Waals surface area (Å²) >= 11 is 1.11. The van der Waals surface area contributed by atoms with Gasteiger partial charge in [0.05, 0.1) is 23.6 Å². The van der Waals surface area contributed by atoms with Crippen LogP contribution in [0.15, 0.2) is 36.4 Å². The summed E-state index contributed by atoms with van der Waals surface area (Å²) in [5, 5.41) is 8.76. The van der Waals surface area contributed by atoms with Crippen LogP contribution < -0.4 is 0 Å². The second-order valence-electron chi connectivity index (χ2n) is 4.63. The van der Waals surface area contributed by atoms with E-state index < -0.39 is 5.97 Å². The first-order chi connectivity index (χ1) is 10.5. The molecule has 0 spiro atoms. The van der Waals surface area contributed by atoms with E-state index in [1.807, 2.05) is 12.1 Å². The molecule has 1 aromatic heterocycles. The highest BCUT2D eigenvalue weighted by Crippen LogP contribution is 2.19. The molecule has 0 atom stereocenters. The van der Waals surface area contributed by atoms with E-state index in [9.17, 15) is 9.59 Å². The molecule has 22 heavy (non-hydrogen) atoms. The quantitative estimate of drug-likeness (QED) is 0.814. The minimum absolute atomic E-state index is 0.162. The van der Waals surface area contributed by atoms with Gasteiger partial charge in [-0.3, -0.25) is 4.79 Å². The Balaban J connectivity index is 2.06. The molecular formula is C16H14N2O3S. The lowest BCUT2D eigenvalue weighted by Gasteiger charge is -2.16. The van der Waals surface area contributed by atoms with Crippen LogP contribution in [0.2, 0.25) is 0 Å². The molecule has 0 aliphatic rings. The SMILES string of the molecule is COC(=O)c1ccc(C(=O)N(C)Cc2ccc(C#N)cc2)s1. The molecule has 1 heterocycles. The van der Waals surface area contributed by atoms with Crippen LogP contribution in [0.1, 0.15) is 30.5 Å². The number of amides is 1. The summed E-state index contributed by atoms with van der Waals surface area (Å²) in [6.45, 7) is 0.427. The summed E-state index contributed by atoms with van der Waals surface area (Å²) in [7, 11) is 3.00. The van der Waals surface area contributed by atoms with E-state index in [2.05, 4.69) is 10.8 Å². The molecule has 112 valence electrons. The third-order valence-corrected chi connectivity index (χ3v) is 4.11. The van der Waals surface area contributed by atoms with E-state index in [1.165, 1.54) is 7.11 Å². The van der Waals surface area contributed by atoms with Crippen LogP contribution in [0.25, 0.3) is 0 Å². The smallest absolute Gasteiger partial charge is 0.348 e. The van der Waals surface area contributed by atoms with Gasteiger partial charge in [0.15, 0.2) is 0 Å². The Morgan fingerprint density at radius 1 is 1.18 bits per heavy atom. The lowest BCUT2D eigenvalue weighted by atomic mass is 10.1. The molecule has 0 saturated heterocycles. The number of carbonyl (C=O) groups excluding carboxylic acids is 2. The van der Waals surface area contributed by atoms with E-state index in [0.29, 0.717) is 21.9 Å². The average Bonchev–Trinajstić information content (AvgIpc) is 3.04. The normalized spacial score (nSPS) is 9.86. The van der Waals surface area contributed by atoms with Crippen LogP contribution in [0.5, 0.6) is 0 Å². The summed E-state index contributed by atoms with van der Waals surface area (Å²) in [4.78, 5) is 26.2. The third kappa shape index (κ3) is 3.51. The standard InChI is InChI=1S/C16H14N2O3S/c1-18(10-12-5-3-11(9-17)4-6-12)15(19)13-7-8-14(22-13)16(20)21-2/h3-8H,10H2,1-2H3. The molecule has 0 unspecified atom stereocenters. The van der Waals surface area contributed by atoms with Crippen molar-refractivity contribution in [2.75, 3.05) is 14.2 Å². The highest BCUT2D eigenvalue weighted by Gasteiger charge is 2.17. The van der Waals surface area contributed by atoms with Gasteiger partial charge >= 0.3 is 5.97 Å². The summed E-state index contributed by atoms with van der Waals surface area (Å²) in [5.41, 5.74) is 1.51. The van der Waals surface area contributed by atoms with Gasteiger partial charge in [-0.25, -0.2) is 4.79 Å². The fraction of sp³-hybridized carbons (Fsp3) is 0.188. The van der Waals surface area contributed by atoms with Crippen LogP contribution in [0.4, 0.5) is 0 Å². The number of hydrogen-bond acceptors (Lipinski definition) is 5. The molecule has 0 N–H and O–H groups in total. The zero-order valence-corrected chi connectivity index (χ0v) is 13.0. The summed E-state index contributed by atoms with van der Waals surface area (Å²) in [6, 6.07) is 12.3.